The molecule has 1 aliphatic heterocycles. The summed E-state index contributed by atoms with van der Waals surface area (Å²) in [6.07, 6.45) is 0. The van der Waals surface area contributed by atoms with Crippen molar-refractivity contribution >= 4 is 11.6 Å². The van der Waals surface area contributed by atoms with Gasteiger partial charge in [-0.15, -0.1) is 5.10 Å². The molecule has 6 heteroatoms. The molecule has 0 unspecified atom stereocenters. The maximum atomic E-state index is 12.0. The molecule has 0 saturated carbocycles. The summed E-state index contributed by atoms with van der Waals surface area (Å²) in [5.74, 6) is -1.10. The summed E-state index contributed by atoms with van der Waals surface area (Å²) in [6, 6.07) is 7.14. The summed E-state index contributed by atoms with van der Waals surface area (Å²) in [5.41, 5.74) is 1.92. The Balaban J connectivity index is 2.00. The zero-order valence-electron chi connectivity index (χ0n) is 9.87. The molecule has 1 aliphatic carbocycles. The van der Waals surface area contributed by atoms with Crippen LogP contribution in [0.25, 0.3) is 11.3 Å². The van der Waals surface area contributed by atoms with Gasteiger partial charge in [-0.1, -0.05) is 29.5 Å². The normalized spacial score (nSPS) is 17.9. The molecule has 2 aromatic rings. The van der Waals surface area contributed by atoms with Crippen LogP contribution in [0, 0.1) is 0 Å². The van der Waals surface area contributed by atoms with Gasteiger partial charge in [0.2, 0.25) is 5.78 Å². The van der Waals surface area contributed by atoms with Crippen molar-refractivity contribution in [3.8, 4) is 11.3 Å². The van der Waals surface area contributed by atoms with Gasteiger partial charge in [-0.3, -0.25) is 9.59 Å². The molecule has 0 amide bonds. The van der Waals surface area contributed by atoms with Gasteiger partial charge in [0.1, 0.15) is 11.7 Å². The summed E-state index contributed by atoms with van der Waals surface area (Å²) in [6.45, 7) is 1.11. The number of carbonyl (C=O) groups excluding carboxylic acids is 2. The third-order valence-electron chi connectivity index (χ3n) is 3.51. The largest absolute Gasteiger partial charge is 0.377 e. The van der Waals surface area contributed by atoms with Gasteiger partial charge in [-0.05, 0) is 0 Å². The van der Waals surface area contributed by atoms with E-state index in [0.29, 0.717) is 24.5 Å². The van der Waals surface area contributed by atoms with Crippen LogP contribution >= 0.6 is 0 Å². The van der Waals surface area contributed by atoms with Crippen LogP contribution in [0.15, 0.2) is 24.3 Å². The van der Waals surface area contributed by atoms with Crippen LogP contribution in [-0.2, 0) is 4.74 Å². The van der Waals surface area contributed by atoms with E-state index >= 15 is 0 Å². The molecule has 19 heavy (non-hydrogen) atoms. The van der Waals surface area contributed by atoms with Crippen molar-refractivity contribution in [3.05, 3.63) is 35.5 Å². The maximum Gasteiger partial charge on any atom is 0.256 e. The number of ketones is 2. The smallest absolute Gasteiger partial charge is 0.256 e. The minimum Gasteiger partial charge on any atom is -0.377 e. The molecule has 0 bridgehead atoms. The lowest BCUT2D eigenvalue weighted by Gasteiger charge is -2.28. The Morgan fingerprint density at radius 3 is 2.53 bits per heavy atom. The Hall–Kier alpha value is -2.34. The average molecular weight is 255 g/mol. The van der Waals surface area contributed by atoms with Crippen molar-refractivity contribution < 1.29 is 14.3 Å². The minimum absolute atomic E-state index is 0.0882. The second kappa shape index (κ2) is 3.58. The number of fused-ring (bicyclic) bond motifs is 3. The third-order valence-corrected chi connectivity index (χ3v) is 3.51. The number of aromatic nitrogens is 3. The van der Waals surface area contributed by atoms with Crippen molar-refractivity contribution in [3.63, 3.8) is 0 Å². The summed E-state index contributed by atoms with van der Waals surface area (Å²) >= 11 is 0. The summed E-state index contributed by atoms with van der Waals surface area (Å²) < 4.78 is 6.84. The Kier molecular flexibility index (Phi) is 1.99. The van der Waals surface area contributed by atoms with Crippen molar-refractivity contribution in [1.82, 2.24) is 15.0 Å². The van der Waals surface area contributed by atoms with E-state index in [2.05, 4.69) is 10.3 Å². The minimum atomic E-state index is -0.583. The zero-order valence-corrected chi connectivity index (χ0v) is 9.87. The highest BCUT2D eigenvalue weighted by Crippen LogP contribution is 2.34. The first kappa shape index (κ1) is 10.6. The van der Waals surface area contributed by atoms with Crippen molar-refractivity contribution in [2.75, 3.05) is 13.2 Å². The maximum absolute atomic E-state index is 12.0. The number of rotatable bonds is 1. The standard InChI is InChI=1S/C13H9N3O3/c17-12-9-4-2-1-3-8(9)11-10(13(12)18)14-15-16(11)7-5-19-6-7/h1-4,7H,5-6H2. The molecule has 2 heterocycles. The molecule has 1 aromatic heterocycles. The highest BCUT2D eigenvalue weighted by atomic mass is 16.5. The highest BCUT2D eigenvalue weighted by molar-refractivity contribution is 6.52. The topological polar surface area (TPSA) is 74.1 Å². The van der Waals surface area contributed by atoms with Crippen LogP contribution in [0.2, 0.25) is 0 Å². The lowest BCUT2D eigenvalue weighted by Crippen LogP contribution is -2.33. The molecular weight excluding hydrogens is 246 g/mol. The fraction of sp³-hybridized carbons (Fsp3) is 0.231. The molecule has 0 N–H and O–H groups in total. The summed E-state index contributed by atoms with van der Waals surface area (Å²) in [4.78, 5) is 24.0. The van der Waals surface area contributed by atoms with Crippen LogP contribution in [0.5, 0.6) is 0 Å². The monoisotopic (exact) mass is 255 g/mol. The van der Waals surface area contributed by atoms with Gasteiger partial charge in [0.05, 0.1) is 13.2 Å². The number of ether oxygens (including phenoxy) is 1. The van der Waals surface area contributed by atoms with E-state index in [9.17, 15) is 9.59 Å². The molecule has 1 saturated heterocycles. The third kappa shape index (κ3) is 1.29. The molecule has 6 nitrogen and oxygen atoms in total. The number of hydrogen-bond acceptors (Lipinski definition) is 5. The summed E-state index contributed by atoms with van der Waals surface area (Å²) in [7, 11) is 0. The molecule has 94 valence electrons. The molecule has 0 atom stereocenters. The lowest BCUT2D eigenvalue weighted by atomic mass is 9.90. The Bertz CT molecular complexity index is 716. The first-order valence-corrected chi connectivity index (χ1v) is 5.98. The van der Waals surface area contributed by atoms with Crippen molar-refractivity contribution in [2.24, 2.45) is 0 Å². The average Bonchev–Trinajstić information content (AvgIpc) is 2.79. The number of benzene rings is 1. The fourth-order valence-corrected chi connectivity index (χ4v) is 2.43. The number of Topliss-reactive ketones (excluding diaryl/α,β-unsaturated/α-hetero) is 2. The lowest BCUT2D eigenvalue weighted by molar-refractivity contribution is -0.0286. The molecule has 1 aromatic carbocycles. The van der Waals surface area contributed by atoms with E-state index in [1.54, 1.807) is 16.8 Å². The predicted molar refractivity (Wildman–Crippen MR) is 64.0 cm³/mol. The second-order valence-electron chi connectivity index (χ2n) is 4.63. The van der Waals surface area contributed by atoms with Crippen molar-refractivity contribution in [2.45, 2.75) is 6.04 Å². The van der Waals surface area contributed by atoms with Gasteiger partial charge in [-0.2, -0.15) is 0 Å². The SMILES string of the molecule is O=C1C(=O)c2nnn(C3COC3)c2-c2ccccc21. The summed E-state index contributed by atoms with van der Waals surface area (Å²) in [5, 5.41) is 7.89. The fourth-order valence-electron chi connectivity index (χ4n) is 2.43. The molecule has 4 rings (SSSR count). The van der Waals surface area contributed by atoms with E-state index in [-0.39, 0.29) is 11.7 Å². The highest BCUT2D eigenvalue weighted by Gasteiger charge is 2.37. The molecular formula is C13H9N3O3. The van der Waals surface area contributed by atoms with Gasteiger partial charge in [-0.25, -0.2) is 4.68 Å². The van der Waals surface area contributed by atoms with Gasteiger partial charge in [0.25, 0.3) is 5.78 Å². The number of carbonyl (C=O) groups is 2. The Morgan fingerprint density at radius 1 is 1.11 bits per heavy atom. The van der Waals surface area contributed by atoms with Crippen LogP contribution < -0.4 is 0 Å². The quantitative estimate of drug-likeness (QED) is 0.708. The molecule has 0 spiro atoms. The van der Waals surface area contributed by atoms with Crippen LogP contribution in [0.4, 0.5) is 0 Å². The first-order chi connectivity index (χ1) is 9.27. The van der Waals surface area contributed by atoms with Gasteiger partial charge in [0, 0.05) is 11.1 Å². The van der Waals surface area contributed by atoms with Gasteiger partial charge >= 0.3 is 0 Å². The van der Waals surface area contributed by atoms with Crippen LogP contribution in [0.3, 0.4) is 0 Å². The first-order valence-electron chi connectivity index (χ1n) is 5.98. The number of nitrogens with zero attached hydrogens (tertiary/aromatic N) is 3. The number of hydrogen-bond donors (Lipinski definition) is 0. The van der Waals surface area contributed by atoms with E-state index in [1.165, 1.54) is 0 Å². The van der Waals surface area contributed by atoms with Crippen molar-refractivity contribution in [1.29, 1.82) is 0 Å². The zero-order chi connectivity index (χ0) is 13.0. The Labute approximate surface area is 108 Å². The molecule has 1 fully saturated rings. The van der Waals surface area contributed by atoms with E-state index in [4.69, 9.17) is 4.74 Å². The van der Waals surface area contributed by atoms with E-state index < -0.39 is 11.6 Å². The van der Waals surface area contributed by atoms with E-state index in [0.717, 1.165) is 5.56 Å². The van der Waals surface area contributed by atoms with E-state index in [1.807, 2.05) is 12.1 Å². The van der Waals surface area contributed by atoms with Crippen LogP contribution in [-0.4, -0.2) is 39.8 Å². The van der Waals surface area contributed by atoms with Gasteiger partial charge < -0.3 is 4.74 Å². The molecule has 2 aliphatic rings. The second-order valence-corrected chi connectivity index (χ2v) is 4.63. The molecule has 0 radical (unpaired) electrons. The Morgan fingerprint density at radius 2 is 1.84 bits per heavy atom. The van der Waals surface area contributed by atoms with Crippen LogP contribution in [0.1, 0.15) is 26.9 Å². The van der Waals surface area contributed by atoms with Gasteiger partial charge in [0.15, 0.2) is 5.69 Å². The predicted octanol–water partition coefficient (Wildman–Crippen LogP) is 0.895.